The number of hydrogen-bond donors (Lipinski definition) is 5. The number of alkyl halides is 6. The average molecular weight is 1480 g/mol. The van der Waals surface area contributed by atoms with E-state index in [1.54, 1.807) is 87.4 Å². The third-order valence-corrected chi connectivity index (χ3v) is 15.0. The molecule has 0 aliphatic rings. The average Bonchev–Trinajstić information content (AvgIpc) is 1.68. The molecule has 9 heterocycles. The van der Waals surface area contributed by atoms with Crippen LogP contribution in [0.2, 0.25) is 0 Å². The Kier molecular flexibility index (Phi) is 28.0. The lowest BCUT2D eigenvalue weighted by Crippen LogP contribution is -2.29. The summed E-state index contributed by atoms with van der Waals surface area (Å²) in [5, 5.41) is 42.8. The quantitative estimate of drug-likeness (QED) is 0.0191. The number of amides is 3. The number of nitrogens with one attached hydrogen (secondary N) is 2. The minimum atomic E-state index is -2.96. The highest BCUT2D eigenvalue weighted by Gasteiger charge is 2.27. The van der Waals surface area contributed by atoms with Crippen molar-refractivity contribution in [1.82, 2.24) is 74.4 Å². The van der Waals surface area contributed by atoms with Crippen molar-refractivity contribution in [3.63, 3.8) is 0 Å². The molecule has 107 heavy (non-hydrogen) atoms. The zero-order chi connectivity index (χ0) is 76.0. The second kappa shape index (κ2) is 37.8. The Labute approximate surface area is 603 Å². The van der Waals surface area contributed by atoms with E-state index in [0.717, 1.165) is 10.9 Å². The molecule has 0 atom stereocenters. The Hall–Kier alpha value is -13.3. The van der Waals surface area contributed by atoms with E-state index in [1.165, 1.54) is 130 Å². The fourth-order valence-corrected chi connectivity index (χ4v) is 9.57. The molecule has 0 saturated carbocycles. The number of carboxylic acid groups (broad SMARTS) is 1. The number of carbonyl (C=O) groups is 7. The lowest BCUT2D eigenvalue weighted by atomic mass is 10.1. The van der Waals surface area contributed by atoms with E-state index in [4.69, 9.17) is 28.6 Å². The third-order valence-electron chi connectivity index (χ3n) is 15.0. The zero-order valence-electron chi connectivity index (χ0n) is 56.0. The van der Waals surface area contributed by atoms with Crippen LogP contribution in [-0.4, -0.2) is 180 Å². The lowest BCUT2D eigenvalue weighted by Gasteiger charge is -2.15. The van der Waals surface area contributed by atoms with Gasteiger partial charge in [-0.15, -0.1) is 0 Å². The van der Waals surface area contributed by atoms with Crippen LogP contribution >= 0.6 is 0 Å². The topological polar surface area (TPSA) is 381 Å². The number of halogens is 6. The van der Waals surface area contributed by atoms with Gasteiger partial charge in [0, 0.05) is 129 Å². The van der Waals surface area contributed by atoms with Crippen molar-refractivity contribution in [3.8, 4) is 51.4 Å². The van der Waals surface area contributed by atoms with Gasteiger partial charge in [0.2, 0.25) is 17.7 Å². The highest BCUT2D eigenvalue weighted by molar-refractivity contribution is 6.03. The van der Waals surface area contributed by atoms with Crippen LogP contribution in [0.4, 0.5) is 32.0 Å². The Morgan fingerprint density at radius 3 is 1.22 bits per heavy atom. The number of carboxylic acids is 1. The number of ketones is 2. The molecule has 5 N–H and O–H groups in total. The summed E-state index contributed by atoms with van der Waals surface area (Å²) in [4.78, 5) is 111. The molecule has 0 aliphatic carbocycles. The van der Waals surface area contributed by atoms with Gasteiger partial charge in [-0.25, -0.2) is 60.1 Å². The molecule has 29 nitrogen and oxygen atoms in total. The molecule has 0 fully saturated rings. The van der Waals surface area contributed by atoms with E-state index in [0.29, 0.717) is 57.7 Å². The molecule has 9 aromatic heterocycles. The maximum Gasteiger partial charge on any atom is 0.335 e. The SMILES string of the molecule is C.CN(CC=O)C(=O)c1ccc(-n2cc(CC(=O)c3coc(-c4ccncc4)n3)c(C(F)F)n2)cc1.CN(CCO)C(=O)c1ccc(-n2cc(CC(=O)c3coc(-c4ccncc4)n3)c(C(F)F)n2)cc1.CNCCO.O=C(O)c1ccc(-n2cc(NC(=O)c3coc(-c4ccncc4)n3)c(C(F)F)n2)cc1. The molecule has 3 aromatic carbocycles. The van der Waals surface area contributed by atoms with Gasteiger partial charge in [0.05, 0.1) is 54.3 Å². The van der Waals surface area contributed by atoms with Crippen LogP contribution in [0.5, 0.6) is 0 Å². The van der Waals surface area contributed by atoms with Gasteiger partial charge in [0.15, 0.2) is 23.0 Å². The van der Waals surface area contributed by atoms with Crippen molar-refractivity contribution in [2.45, 2.75) is 39.5 Å². The Balaban J connectivity index is 0.000000195. The molecule has 0 unspecified atom stereocenters. The van der Waals surface area contributed by atoms with E-state index >= 15 is 0 Å². The number of aliphatic hydroxyl groups is 2. The number of aromatic nitrogens is 12. The van der Waals surface area contributed by atoms with Crippen LogP contribution in [-0.2, 0) is 17.6 Å². The maximum atomic E-state index is 13.7. The molecule has 0 bridgehead atoms. The van der Waals surface area contributed by atoms with Gasteiger partial charge >= 0.3 is 5.97 Å². The zero-order valence-corrected chi connectivity index (χ0v) is 56.0. The van der Waals surface area contributed by atoms with Gasteiger partial charge < -0.3 is 53.8 Å². The van der Waals surface area contributed by atoms with Gasteiger partial charge in [-0.2, -0.15) is 15.3 Å². The first kappa shape index (κ1) is 79.4. The normalized spacial score (nSPS) is 10.8. The summed E-state index contributed by atoms with van der Waals surface area (Å²) in [5.41, 5.74) is 1.90. The minimum Gasteiger partial charge on any atom is -0.478 e. The van der Waals surface area contributed by atoms with E-state index < -0.39 is 59.8 Å². The largest absolute Gasteiger partial charge is 0.478 e. The second-order valence-electron chi connectivity index (χ2n) is 22.3. The molecule has 554 valence electrons. The van der Waals surface area contributed by atoms with Gasteiger partial charge in [-0.3, -0.25) is 38.9 Å². The van der Waals surface area contributed by atoms with Crippen molar-refractivity contribution < 1.29 is 88.5 Å². The molecule has 3 amide bonds. The number of aldehydes is 1. The monoisotopic (exact) mass is 1480 g/mol. The van der Waals surface area contributed by atoms with Crippen LogP contribution < -0.4 is 10.6 Å². The predicted octanol–water partition coefficient (Wildman–Crippen LogP) is 10.6. The number of Topliss-reactive ketones (excluding diaryl/α,β-unsaturated/α-hetero) is 2. The van der Waals surface area contributed by atoms with Gasteiger partial charge in [-0.05, 0) is 116 Å². The van der Waals surface area contributed by atoms with Crippen molar-refractivity contribution in [1.29, 1.82) is 0 Å². The van der Waals surface area contributed by atoms with Crippen molar-refractivity contribution in [3.05, 3.63) is 246 Å². The van der Waals surface area contributed by atoms with Crippen LogP contribution in [0.1, 0.15) is 117 Å². The number of pyridine rings is 3. The molecule has 35 heteroatoms. The number of aromatic carboxylic acids is 1. The Morgan fingerprint density at radius 1 is 0.505 bits per heavy atom. The lowest BCUT2D eigenvalue weighted by molar-refractivity contribution is -0.108. The Morgan fingerprint density at radius 2 is 0.869 bits per heavy atom. The van der Waals surface area contributed by atoms with E-state index in [2.05, 4.69) is 55.8 Å². The summed E-state index contributed by atoms with van der Waals surface area (Å²) in [6.45, 7) is 0.899. The number of oxazole rings is 3. The molecule has 0 aliphatic heterocycles. The summed E-state index contributed by atoms with van der Waals surface area (Å²) in [6, 6.07) is 27.7. The summed E-state index contributed by atoms with van der Waals surface area (Å²) >= 11 is 0. The van der Waals surface area contributed by atoms with Gasteiger partial charge in [0.1, 0.15) is 47.9 Å². The summed E-state index contributed by atoms with van der Waals surface area (Å²) in [5.74, 6) is -2.91. The minimum absolute atomic E-state index is 0. The van der Waals surface area contributed by atoms with Crippen LogP contribution in [0, 0.1) is 0 Å². The molecule has 0 spiro atoms. The fourth-order valence-electron chi connectivity index (χ4n) is 9.57. The first-order valence-corrected chi connectivity index (χ1v) is 31.5. The molecule has 0 radical (unpaired) electrons. The number of carbonyl (C=O) groups excluding carboxylic acids is 6. The second-order valence-corrected chi connectivity index (χ2v) is 22.3. The fraction of sp³-hybridized carbons (Fsp3) is 0.194. The van der Waals surface area contributed by atoms with Crippen LogP contribution in [0.3, 0.4) is 0 Å². The first-order chi connectivity index (χ1) is 51.1. The number of aliphatic hydroxyl groups excluding tert-OH is 2. The summed E-state index contributed by atoms with van der Waals surface area (Å²) in [7, 11) is 4.86. The van der Waals surface area contributed by atoms with Crippen LogP contribution in [0.25, 0.3) is 51.4 Å². The molecule has 12 rings (SSSR count). The van der Waals surface area contributed by atoms with Crippen molar-refractivity contribution >= 4 is 47.2 Å². The molecule has 0 saturated heterocycles. The number of likely N-dealkylation sites (N-methyl/N-ethyl adjacent to an activating group) is 3. The number of nitrogens with zero attached hydrogens (tertiary/aromatic N) is 14. The highest BCUT2D eigenvalue weighted by Crippen LogP contribution is 2.31. The number of benzene rings is 3. The first-order valence-electron chi connectivity index (χ1n) is 31.5. The number of hydrogen-bond acceptors (Lipinski definition) is 22. The van der Waals surface area contributed by atoms with Crippen molar-refractivity contribution in [2.24, 2.45) is 0 Å². The van der Waals surface area contributed by atoms with E-state index in [9.17, 15) is 59.9 Å². The van der Waals surface area contributed by atoms with Gasteiger partial charge in [0.25, 0.3) is 37.0 Å². The molecule has 12 aromatic rings. The predicted molar refractivity (Wildman–Crippen MR) is 371 cm³/mol. The summed E-state index contributed by atoms with van der Waals surface area (Å²) in [6.07, 6.45) is 7.85. The Bertz CT molecular complexity index is 4940. The number of rotatable bonds is 26. The summed E-state index contributed by atoms with van der Waals surface area (Å²) < 4.78 is 101. The highest BCUT2D eigenvalue weighted by atomic mass is 19.3. The van der Waals surface area contributed by atoms with Gasteiger partial charge in [-0.1, -0.05) is 7.43 Å². The van der Waals surface area contributed by atoms with E-state index in [-0.39, 0.29) is 116 Å². The standard InChI is InChI=1S/C24H21F2N5O4.C24H19F2N5O4.C20H13F2N5O4.C3H9NO.CH4/c2*1-30(10-11-32)24(34)16-2-4-18(5-3-16)31-13-17(21(29-31)22(25)26)12-20(33)19-14-35-23(28-19)15-6-8-27-9-7-15;21-17(22)16-14(9-27(26-16)13-3-1-12(2-4-13)20(29)30)24-18(28)15-10-31-19(25-15)11-5-7-23-8-6-11;1-4-2-3-5;/h2-9,13-14,22,32H,10-12H2,1H3;2-9,11,13-14,22H,10,12H2,1H3;1-10,17H,(H,24,28)(H,29,30);4-5H,2-3H2,1H3;1H4. The number of anilines is 1. The smallest absolute Gasteiger partial charge is 0.335 e. The molecular formula is C72H66F6N16O13. The van der Waals surface area contributed by atoms with Crippen molar-refractivity contribution in [2.75, 3.05) is 59.3 Å². The maximum absolute atomic E-state index is 13.7. The third kappa shape index (κ3) is 20.8. The van der Waals surface area contributed by atoms with E-state index in [1.807, 2.05) is 0 Å². The van der Waals surface area contributed by atoms with Crippen LogP contribution in [0.15, 0.2) is 197 Å². The molecular weight excluding hydrogens is 1410 g/mol.